The van der Waals surface area contributed by atoms with E-state index in [4.69, 9.17) is 9.47 Å². The molecule has 0 radical (unpaired) electrons. The minimum Gasteiger partial charge on any atom is -0.348 e. The van der Waals surface area contributed by atoms with Gasteiger partial charge in [0.2, 0.25) is 0 Å². The van der Waals surface area contributed by atoms with Gasteiger partial charge >= 0.3 is 0 Å². The van der Waals surface area contributed by atoms with E-state index < -0.39 is 5.79 Å². The Morgan fingerprint density at radius 2 is 1.93 bits per heavy atom. The Morgan fingerprint density at radius 3 is 2.43 bits per heavy atom. The molecule has 1 unspecified atom stereocenters. The summed E-state index contributed by atoms with van der Waals surface area (Å²) in [6, 6.07) is -0.337. The second kappa shape index (κ2) is 5.41. The van der Waals surface area contributed by atoms with Gasteiger partial charge in [0.1, 0.15) is 6.04 Å². The minimum atomic E-state index is -0.733. The van der Waals surface area contributed by atoms with Crippen LogP contribution in [0.2, 0.25) is 0 Å². The first-order chi connectivity index (χ1) is 6.79. The van der Waals surface area contributed by atoms with Crippen molar-refractivity contribution in [1.29, 1.82) is 0 Å². The third-order valence-electron chi connectivity index (χ3n) is 2.67. The van der Waals surface area contributed by atoms with E-state index in [-0.39, 0.29) is 6.04 Å². The molecule has 0 heterocycles. The van der Waals surface area contributed by atoms with Gasteiger partial charge in [-0.1, -0.05) is 11.6 Å². The molecule has 0 aromatic heterocycles. The molecule has 1 saturated carbocycles. The van der Waals surface area contributed by atoms with E-state index in [0.29, 0.717) is 13.2 Å². The summed E-state index contributed by atoms with van der Waals surface area (Å²) in [6.07, 6.45) is 3.65. The fraction of sp³-hybridized carbons (Fsp3) is 1.00. The first-order valence-corrected chi connectivity index (χ1v) is 5.39. The second-order valence-corrected chi connectivity index (χ2v) is 3.54. The third kappa shape index (κ3) is 2.30. The molecule has 0 aromatic carbocycles. The quantitative estimate of drug-likeness (QED) is 0.507. The van der Waals surface area contributed by atoms with Crippen LogP contribution >= 0.6 is 0 Å². The monoisotopic (exact) mass is 201 g/mol. The summed E-state index contributed by atoms with van der Waals surface area (Å²) < 4.78 is 11.2. The molecule has 1 aliphatic carbocycles. The van der Waals surface area contributed by atoms with Crippen molar-refractivity contribution < 1.29 is 9.47 Å². The van der Waals surface area contributed by atoms with Crippen LogP contribution in [0.25, 0.3) is 0 Å². The molecular formula is C10H19NO3. The predicted octanol–water partition coefficient (Wildman–Crippen LogP) is 2.46. The zero-order chi connectivity index (χ0) is 10.4. The molecule has 1 rings (SSSR count). The molecule has 0 bridgehead atoms. The van der Waals surface area contributed by atoms with Crippen molar-refractivity contribution in [3.05, 3.63) is 4.91 Å². The smallest absolute Gasteiger partial charge is 0.194 e. The van der Waals surface area contributed by atoms with Crippen LogP contribution in [-0.4, -0.2) is 25.0 Å². The maximum atomic E-state index is 10.7. The molecule has 4 heteroatoms. The normalized spacial score (nSPS) is 26.0. The van der Waals surface area contributed by atoms with Gasteiger partial charge in [-0.2, -0.15) is 4.91 Å². The Kier molecular flexibility index (Phi) is 4.48. The maximum Gasteiger partial charge on any atom is 0.194 e. The van der Waals surface area contributed by atoms with Crippen LogP contribution in [0, 0.1) is 4.91 Å². The Balaban J connectivity index is 2.72. The SMILES string of the molecule is CCOC1(OCC)CCCCC1N=O. The number of hydrogen-bond donors (Lipinski definition) is 0. The highest BCUT2D eigenvalue weighted by atomic mass is 16.7. The summed E-state index contributed by atoms with van der Waals surface area (Å²) in [4.78, 5) is 10.7. The average Bonchev–Trinajstić information content (AvgIpc) is 2.19. The predicted molar refractivity (Wildman–Crippen MR) is 54.0 cm³/mol. The topological polar surface area (TPSA) is 47.9 Å². The Morgan fingerprint density at radius 1 is 1.29 bits per heavy atom. The van der Waals surface area contributed by atoms with Crippen molar-refractivity contribution in [3.8, 4) is 0 Å². The first kappa shape index (κ1) is 11.6. The number of nitrogens with zero attached hydrogens (tertiary/aromatic N) is 1. The third-order valence-corrected chi connectivity index (χ3v) is 2.67. The zero-order valence-electron chi connectivity index (χ0n) is 8.99. The summed E-state index contributed by atoms with van der Waals surface area (Å²) in [5.74, 6) is -0.733. The lowest BCUT2D eigenvalue weighted by Gasteiger charge is -2.39. The van der Waals surface area contributed by atoms with Crippen LogP contribution in [0.15, 0.2) is 5.18 Å². The second-order valence-electron chi connectivity index (χ2n) is 3.54. The van der Waals surface area contributed by atoms with Gasteiger partial charge in [-0.3, -0.25) is 0 Å². The van der Waals surface area contributed by atoms with Crippen LogP contribution in [0.5, 0.6) is 0 Å². The maximum absolute atomic E-state index is 10.7. The van der Waals surface area contributed by atoms with Crippen LogP contribution in [0.4, 0.5) is 0 Å². The van der Waals surface area contributed by atoms with E-state index in [9.17, 15) is 4.91 Å². The molecule has 0 spiro atoms. The molecule has 1 fully saturated rings. The zero-order valence-corrected chi connectivity index (χ0v) is 8.99. The Hall–Kier alpha value is -0.480. The van der Waals surface area contributed by atoms with Gasteiger partial charge in [-0.25, -0.2) is 0 Å². The van der Waals surface area contributed by atoms with Gasteiger partial charge < -0.3 is 9.47 Å². The molecule has 0 saturated heterocycles. The van der Waals surface area contributed by atoms with Gasteiger partial charge in [0.25, 0.3) is 0 Å². The fourth-order valence-corrected chi connectivity index (χ4v) is 2.10. The van der Waals surface area contributed by atoms with Crippen LogP contribution < -0.4 is 0 Å². The van der Waals surface area contributed by atoms with Crippen LogP contribution in [0.1, 0.15) is 39.5 Å². The van der Waals surface area contributed by atoms with Crippen molar-refractivity contribution >= 4 is 0 Å². The van der Waals surface area contributed by atoms with Gasteiger partial charge in [-0.15, -0.1) is 0 Å². The number of rotatable bonds is 5. The largest absolute Gasteiger partial charge is 0.348 e. The van der Waals surface area contributed by atoms with Crippen LogP contribution in [0.3, 0.4) is 0 Å². The van der Waals surface area contributed by atoms with Gasteiger partial charge in [0.15, 0.2) is 5.79 Å². The molecule has 4 nitrogen and oxygen atoms in total. The fourth-order valence-electron chi connectivity index (χ4n) is 2.10. The first-order valence-electron chi connectivity index (χ1n) is 5.39. The Labute approximate surface area is 84.9 Å². The van der Waals surface area contributed by atoms with Crippen molar-refractivity contribution in [2.24, 2.45) is 5.18 Å². The minimum absolute atomic E-state index is 0.337. The molecule has 1 aliphatic rings. The molecule has 82 valence electrons. The molecule has 0 amide bonds. The van der Waals surface area contributed by atoms with E-state index in [1.54, 1.807) is 0 Å². The van der Waals surface area contributed by atoms with E-state index in [0.717, 1.165) is 25.7 Å². The van der Waals surface area contributed by atoms with Gasteiger partial charge in [0, 0.05) is 19.6 Å². The summed E-state index contributed by atoms with van der Waals surface area (Å²) in [7, 11) is 0. The Bertz CT molecular complexity index is 173. The highest BCUT2D eigenvalue weighted by Gasteiger charge is 2.43. The van der Waals surface area contributed by atoms with E-state index >= 15 is 0 Å². The molecule has 0 aromatic rings. The van der Waals surface area contributed by atoms with Gasteiger partial charge in [-0.05, 0) is 26.7 Å². The van der Waals surface area contributed by atoms with Crippen LogP contribution in [-0.2, 0) is 9.47 Å². The van der Waals surface area contributed by atoms with E-state index in [1.807, 2.05) is 13.8 Å². The standard InChI is InChI=1S/C10H19NO3/c1-3-13-10(14-4-2)8-6-5-7-9(10)11-12/h9H,3-8H2,1-2H3. The van der Waals surface area contributed by atoms with E-state index in [1.165, 1.54) is 0 Å². The lowest BCUT2D eigenvalue weighted by atomic mass is 9.89. The lowest BCUT2D eigenvalue weighted by Crippen LogP contribution is -2.48. The number of ether oxygens (including phenoxy) is 2. The number of hydrogen-bond acceptors (Lipinski definition) is 4. The highest BCUT2D eigenvalue weighted by Crippen LogP contribution is 2.35. The highest BCUT2D eigenvalue weighted by molar-refractivity contribution is 4.89. The van der Waals surface area contributed by atoms with Crippen molar-refractivity contribution in [3.63, 3.8) is 0 Å². The molecule has 0 aliphatic heterocycles. The summed E-state index contributed by atoms with van der Waals surface area (Å²) in [6.45, 7) is 4.95. The summed E-state index contributed by atoms with van der Waals surface area (Å²) >= 11 is 0. The molecule has 0 N–H and O–H groups in total. The average molecular weight is 201 g/mol. The molecule has 1 atom stereocenters. The molecule has 14 heavy (non-hydrogen) atoms. The number of nitroso groups, excluding NO2 is 1. The lowest BCUT2D eigenvalue weighted by molar-refractivity contribution is -0.256. The molecular weight excluding hydrogens is 182 g/mol. The van der Waals surface area contributed by atoms with Crippen molar-refractivity contribution in [1.82, 2.24) is 0 Å². The van der Waals surface area contributed by atoms with E-state index in [2.05, 4.69) is 5.18 Å². The van der Waals surface area contributed by atoms with Crippen molar-refractivity contribution in [2.45, 2.75) is 51.4 Å². The summed E-state index contributed by atoms with van der Waals surface area (Å²) in [5, 5.41) is 3.14. The summed E-state index contributed by atoms with van der Waals surface area (Å²) in [5.41, 5.74) is 0. The van der Waals surface area contributed by atoms with Gasteiger partial charge in [0.05, 0.1) is 0 Å². The van der Waals surface area contributed by atoms with Crippen molar-refractivity contribution in [2.75, 3.05) is 13.2 Å².